The summed E-state index contributed by atoms with van der Waals surface area (Å²) in [5, 5.41) is 0. The average Bonchev–Trinajstić information content (AvgIpc) is 2.77. The molecule has 0 atom stereocenters. The minimum Gasteiger partial charge on any atom is -0.365 e. The van der Waals surface area contributed by atoms with Crippen LogP contribution in [-0.2, 0) is 6.42 Å². The highest BCUT2D eigenvalue weighted by Crippen LogP contribution is 2.13. The molecule has 1 N–H and O–H groups in total. The summed E-state index contributed by atoms with van der Waals surface area (Å²) in [5.41, 5.74) is 2.86. The van der Waals surface area contributed by atoms with Gasteiger partial charge in [0.1, 0.15) is 0 Å². The van der Waals surface area contributed by atoms with Gasteiger partial charge < -0.3 is 4.98 Å². The minimum absolute atomic E-state index is 0. The Kier molecular flexibility index (Phi) is 12.6. The molecule has 0 aliphatic carbocycles. The molecule has 0 radical (unpaired) electrons. The van der Waals surface area contributed by atoms with E-state index in [1.165, 1.54) is 81.9 Å². The highest BCUT2D eigenvalue weighted by Gasteiger charge is 1.98. The van der Waals surface area contributed by atoms with Crippen LogP contribution in [0.15, 0.2) is 12.3 Å². The van der Waals surface area contributed by atoms with Crippen LogP contribution in [0.2, 0.25) is 0 Å². The van der Waals surface area contributed by atoms with Gasteiger partial charge in [-0.3, -0.25) is 0 Å². The minimum atomic E-state index is 0. The lowest BCUT2D eigenvalue weighted by molar-refractivity contribution is 0.556. The third kappa shape index (κ3) is 9.32. The van der Waals surface area contributed by atoms with Crippen molar-refractivity contribution in [2.45, 2.75) is 84.5 Å². The number of rotatable bonds is 11. The van der Waals surface area contributed by atoms with E-state index in [1.54, 1.807) is 0 Å². The molecule has 2 heteroatoms. The summed E-state index contributed by atoms with van der Waals surface area (Å²) in [6.07, 6.45) is 17.5. The van der Waals surface area contributed by atoms with E-state index in [1.807, 2.05) is 0 Å². The molecular formula is C17H32BrN. The molecule has 0 fully saturated rings. The van der Waals surface area contributed by atoms with Crippen molar-refractivity contribution in [2.75, 3.05) is 0 Å². The SMILES string of the molecule is Br.CCCCCCCCCCCCc1cc[nH]c1C. The first-order chi connectivity index (χ1) is 8.84. The molecular weight excluding hydrogens is 298 g/mol. The highest BCUT2D eigenvalue weighted by molar-refractivity contribution is 8.93. The number of hydrogen-bond acceptors (Lipinski definition) is 0. The van der Waals surface area contributed by atoms with E-state index in [-0.39, 0.29) is 17.0 Å². The number of H-pyrrole nitrogens is 1. The molecule has 112 valence electrons. The van der Waals surface area contributed by atoms with Crippen molar-refractivity contribution in [2.24, 2.45) is 0 Å². The van der Waals surface area contributed by atoms with Crippen LogP contribution < -0.4 is 0 Å². The van der Waals surface area contributed by atoms with E-state index in [2.05, 4.69) is 31.1 Å². The average molecular weight is 330 g/mol. The number of aryl methyl sites for hydroxylation is 2. The van der Waals surface area contributed by atoms with Crippen molar-refractivity contribution in [1.29, 1.82) is 0 Å². The van der Waals surface area contributed by atoms with Gasteiger partial charge in [0.2, 0.25) is 0 Å². The first kappa shape index (κ1) is 18.8. The second kappa shape index (κ2) is 12.8. The fraction of sp³-hybridized carbons (Fsp3) is 0.765. The summed E-state index contributed by atoms with van der Waals surface area (Å²) in [5.74, 6) is 0. The molecule has 0 unspecified atom stereocenters. The molecule has 1 nitrogen and oxygen atoms in total. The van der Waals surface area contributed by atoms with E-state index in [9.17, 15) is 0 Å². The van der Waals surface area contributed by atoms with Gasteiger partial charge in [-0.2, -0.15) is 0 Å². The summed E-state index contributed by atoms with van der Waals surface area (Å²) < 4.78 is 0. The van der Waals surface area contributed by atoms with Crippen molar-refractivity contribution in [1.82, 2.24) is 4.98 Å². The molecule has 1 aromatic rings. The van der Waals surface area contributed by atoms with Crippen LogP contribution in [0.1, 0.15) is 82.4 Å². The molecule has 0 saturated heterocycles. The monoisotopic (exact) mass is 329 g/mol. The zero-order valence-corrected chi connectivity index (χ0v) is 14.6. The maximum Gasteiger partial charge on any atom is 0.0148 e. The van der Waals surface area contributed by atoms with Crippen LogP contribution in [-0.4, -0.2) is 4.98 Å². The van der Waals surface area contributed by atoms with E-state index in [4.69, 9.17) is 0 Å². The predicted molar refractivity (Wildman–Crippen MR) is 91.4 cm³/mol. The van der Waals surface area contributed by atoms with Gasteiger partial charge in [0.05, 0.1) is 0 Å². The number of nitrogens with one attached hydrogen (secondary N) is 1. The summed E-state index contributed by atoms with van der Waals surface area (Å²) >= 11 is 0. The fourth-order valence-electron chi connectivity index (χ4n) is 2.56. The van der Waals surface area contributed by atoms with Crippen molar-refractivity contribution in [3.63, 3.8) is 0 Å². The molecule has 1 rings (SSSR count). The zero-order valence-electron chi connectivity index (χ0n) is 12.8. The van der Waals surface area contributed by atoms with Crippen LogP contribution in [0.4, 0.5) is 0 Å². The lowest BCUT2D eigenvalue weighted by Crippen LogP contribution is -1.87. The second-order valence-corrected chi connectivity index (χ2v) is 5.56. The number of halogens is 1. The lowest BCUT2D eigenvalue weighted by Gasteiger charge is -2.02. The number of aromatic amines is 1. The predicted octanol–water partition coefficient (Wildman–Crippen LogP) is 6.36. The normalized spacial score (nSPS) is 10.4. The van der Waals surface area contributed by atoms with Gasteiger partial charge in [0.15, 0.2) is 0 Å². The Hall–Kier alpha value is -0.240. The van der Waals surface area contributed by atoms with Gasteiger partial charge in [-0.1, -0.05) is 64.7 Å². The first-order valence-corrected chi connectivity index (χ1v) is 7.97. The number of aromatic nitrogens is 1. The van der Waals surface area contributed by atoms with Gasteiger partial charge in [0, 0.05) is 11.9 Å². The number of hydrogen-bond donors (Lipinski definition) is 1. The smallest absolute Gasteiger partial charge is 0.0148 e. The van der Waals surface area contributed by atoms with E-state index < -0.39 is 0 Å². The largest absolute Gasteiger partial charge is 0.365 e. The van der Waals surface area contributed by atoms with E-state index in [0.29, 0.717) is 0 Å². The number of unbranched alkanes of at least 4 members (excludes halogenated alkanes) is 9. The van der Waals surface area contributed by atoms with Crippen LogP contribution in [0.5, 0.6) is 0 Å². The summed E-state index contributed by atoms with van der Waals surface area (Å²) in [4.78, 5) is 3.25. The summed E-state index contributed by atoms with van der Waals surface area (Å²) in [6.45, 7) is 4.46. The molecule has 1 heterocycles. The first-order valence-electron chi connectivity index (χ1n) is 7.97. The summed E-state index contributed by atoms with van der Waals surface area (Å²) in [6, 6.07) is 2.23. The van der Waals surface area contributed by atoms with Crippen LogP contribution in [0.25, 0.3) is 0 Å². The lowest BCUT2D eigenvalue weighted by atomic mass is 10.0. The van der Waals surface area contributed by atoms with E-state index in [0.717, 1.165) is 0 Å². The Morgan fingerprint density at radius 2 is 1.37 bits per heavy atom. The molecule has 19 heavy (non-hydrogen) atoms. The zero-order chi connectivity index (χ0) is 13.1. The van der Waals surface area contributed by atoms with Crippen LogP contribution in [0, 0.1) is 6.92 Å². The maximum atomic E-state index is 3.25. The molecule has 0 aliphatic rings. The van der Waals surface area contributed by atoms with Crippen molar-refractivity contribution in [3.8, 4) is 0 Å². The van der Waals surface area contributed by atoms with Gasteiger partial charge in [-0.25, -0.2) is 0 Å². The van der Waals surface area contributed by atoms with Gasteiger partial charge in [0.25, 0.3) is 0 Å². The Labute approximate surface area is 130 Å². The maximum absolute atomic E-state index is 3.25. The molecule has 0 spiro atoms. The van der Waals surface area contributed by atoms with Gasteiger partial charge in [-0.05, 0) is 31.4 Å². The molecule has 0 amide bonds. The topological polar surface area (TPSA) is 15.8 Å². The van der Waals surface area contributed by atoms with E-state index >= 15 is 0 Å². The third-order valence-electron chi connectivity index (χ3n) is 3.87. The van der Waals surface area contributed by atoms with Crippen molar-refractivity contribution in [3.05, 3.63) is 23.5 Å². The Morgan fingerprint density at radius 1 is 0.842 bits per heavy atom. The standard InChI is InChI=1S/C17H31N.BrH/c1-3-4-5-6-7-8-9-10-11-12-13-17-14-15-18-16(17)2;/h14-15,18H,3-13H2,1-2H3;1H. The fourth-order valence-corrected chi connectivity index (χ4v) is 2.56. The second-order valence-electron chi connectivity index (χ2n) is 5.56. The molecule has 1 aromatic heterocycles. The summed E-state index contributed by atoms with van der Waals surface area (Å²) in [7, 11) is 0. The Bertz CT molecular complexity index is 293. The molecule has 0 aliphatic heterocycles. The Morgan fingerprint density at radius 3 is 1.84 bits per heavy atom. The highest BCUT2D eigenvalue weighted by atomic mass is 79.9. The molecule has 0 saturated carbocycles. The Balaban J connectivity index is 0.00000324. The molecule has 0 bridgehead atoms. The third-order valence-corrected chi connectivity index (χ3v) is 3.87. The van der Waals surface area contributed by atoms with Gasteiger partial charge >= 0.3 is 0 Å². The van der Waals surface area contributed by atoms with Crippen molar-refractivity contribution >= 4 is 17.0 Å². The van der Waals surface area contributed by atoms with Crippen LogP contribution in [0.3, 0.4) is 0 Å². The van der Waals surface area contributed by atoms with Gasteiger partial charge in [-0.15, -0.1) is 17.0 Å². The van der Waals surface area contributed by atoms with Crippen LogP contribution >= 0.6 is 17.0 Å². The van der Waals surface area contributed by atoms with Crippen molar-refractivity contribution < 1.29 is 0 Å². The molecule has 0 aromatic carbocycles. The quantitative estimate of drug-likeness (QED) is 0.454.